The lowest BCUT2D eigenvalue weighted by molar-refractivity contribution is 0.188. The van der Waals surface area contributed by atoms with Crippen LogP contribution in [-0.4, -0.2) is 30.6 Å². The molecule has 1 aliphatic rings. The van der Waals surface area contributed by atoms with Crippen molar-refractivity contribution in [3.8, 4) is 0 Å². The van der Waals surface area contributed by atoms with Crippen LogP contribution in [0.25, 0.3) is 11.0 Å². The molecule has 0 bridgehead atoms. The zero-order chi connectivity index (χ0) is 13.4. The van der Waals surface area contributed by atoms with E-state index >= 15 is 0 Å². The van der Waals surface area contributed by atoms with Crippen LogP contribution in [0.15, 0.2) is 22.6 Å². The van der Waals surface area contributed by atoms with E-state index in [1.807, 2.05) is 0 Å². The maximum absolute atomic E-state index is 5.98. The van der Waals surface area contributed by atoms with E-state index in [1.54, 1.807) is 0 Å². The zero-order valence-corrected chi connectivity index (χ0v) is 12.0. The lowest BCUT2D eigenvalue weighted by Gasteiger charge is -2.30. The van der Waals surface area contributed by atoms with Crippen LogP contribution in [-0.2, 0) is 6.54 Å². The number of piperazine rings is 1. The summed E-state index contributed by atoms with van der Waals surface area (Å²) < 4.78 is 5.98. The highest BCUT2D eigenvalue weighted by molar-refractivity contribution is 5.79. The largest absolute Gasteiger partial charge is 0.460 e. The smallest absolute Gasteiger partial charge is 0.134 e. The fourth-order valence-electron chi connectivity index (χ4n) is 2.81. The van der Waals surface area contributed by atoms with Gasteiger partial charge in [0, 0.05) is 31.1 Å². The molecule has 0 aliphatic carbocycles. The second kappa shape index (κ2) is 4.99. The van der Waals surface area contributed by atoms with Gasteiger partial charge in [-0.3, -0.25) is 4.90 Å². The monoisotopic (exact) mass is 258 g/mol. The van der Waals surface area contributed by atoms with Crippen LogP contribution in [0.3, 0.4) is 0 Å². The van der Waals surface area contributed by atoms with Gasteiger partial charge in [0.05, 0.1) is 6.54 Å². The number of fused-ring (bicyclic) bond motifs is 1. The van der Waals surface area contributed by atoms with E-state index < -0.39 is 0 Å². The number of benzene rings is 1. The number of aryl methyl sites for hydroxylation is 2. The fraction of sp³-hybridized carbons (Fsp3) is 0.500. The minimum atomic E-state index is 0.572. The van der Waals surface area contributed by atoms with Gasteiger partial charge < -0.3 is 9.73 Å². The summed E-state index contributed by atoms with van der Waals surface area (Å²) in [6.07, 6.45) is 0. The van der Waals surface area contributed by atoms with Crippen LogP contribution in [0, 0.1) is 13.8 Å². The van der Waals surface area contributed by atoms with Crippen molar-refractivity contribution in [2.45, 2.75) is 33.4 Å². The lowest BCUT2D eigenvalue weighted by atomic mass is 10.1. The van der Waals surface area contributed by atoms with E-state index in [9.17, 15) is 0 Å². The topological polar surface area (TPSA) is 28.4 Å². The van der Waals surface area contributed by atoms with Crippen LogP contribution in [0.4, 0.5) is 0 Å². The van der Waals surface area contributed by atoms with Crippen LogP contribution >= 0.6 is 0 Å². The average molecular weight is 258 g/mol. The maximum atomic E-state index is 5.98. The van der Waals surface area contributed by atoms with Crippen LogP contribution in [0.1, 0.15) is 23.8 Å². The molecule has 3 nitrogen and oxygen atoms in total. The van der Waals surface area contributed by atoms with Crippen LogP contribution in [0.5, 0.6) is 0 Å². The molecule has 0 radical (unpaired) electrons. The molecule has 1 aromatic heterocycles. The van der Waals surface area contributed by atoms with Crippen molar-refractivity contribution < 1.29 is 4.42 Å². The SMILES string of the molecule is Cc1cc2cc(CN3CCN[C@H](C)C3)oc2cc1C. The normalized spacial score (nSPS) is 21.1. The van der Waals surface area contributed by atoms with Crippen molar-refractivity contribution in [3.63, 3.8) is 0 Å². The van der Waals surface area contributed by atoms with Gasteiger partial charge in [0.2, 0.25) is 0 Å². The van der Waals surface area contributed by atoms with Crippen LogP contribution in [0.2, 0.25) is 0 Å². The Morgan fingerprint density at radius 1 is 1.26 bits per heavy atom. The van der Waals surface area contributed by atoms with Crippen molar-refractivity contribution in [1.82, 2.24) is 10.2 Å². The first kappa shape index (κ1) is 12.7. The molecular formula is C16H22N2O. The molecule has 1 atom stereocenters. The Morgan fingerprint density at radius 2 is 2.05 bits per heavy atom. The quantitative estimate of drug-likeness (QED) is 0.898. The molecule has 1 fully saturated rings. The summed E-state index contributed by atoms with van der Waals surface area (Å²) in [5.41, 5.74) is 3.64. The minimum Gasteiger partial charge on any atom is -0.460 e. The highest BCUT2D eigenvalue weighted by Gasteiger charge is 2.17. The van der Waals surface area contributed by atoms with Crippen molar-refractivity contribution in [1.29, 1.82) is 0 Å². The Hall–Kier alpha value is -1.32. The first-order valence-corrected chi connectivity index (χ1v) is 7.07. The predicted molar refractivity (Wildman–Crippen MR) is 78.4 cm³/mol. The highest BCUT2D eigenvalue weighted by Crippen LogP contribution is 2.24. The van der Waals surface area contributed by atoms with Gasteiger partial charge in [0.15, 0.2) is 0 Å². The number of rotatable bonds is 2. The van der Waals surface area contributed by atoms with E-state index in [0.29, 0.717) is 6.04 Å². The van der Waals surface area contributed by atoms with E-state index in [0.717, 1.165) is 37.5 Å². The molecule has 3 heteroatoms. The number of hydrogen-bond acceptors (Lipinski definition) is 3. The van der Waals surface area contributed by atoms with Gasteiger partial charge in [-0.1, -0.05) is 0 Å². The highest BCUT2D eigenvalue weighted by atomic mass is 16.3. The van der Waals surface area contributed by atoms with Gasteiger partial charge in [0.25, 0.3) is 0 Å². The molecule has 1 aromatic carbocycles. The number of nitrogens with zero attached hydrogens (tertiary/aromatic N) is 1. The number of furan rings is 1. The number of nitrogens with one attached hydrogen (secondary N) is 1. The molecule has 3 rings (SSSR count). The average Bonchev–Trinajstić information content (AvgIpc) is 2.71. The molecule has 102 valence electrons. The molecule has 0 saturated carbocycles. The molecule has 2 heterocycles. The molecule has 1 saturated heterocycles. The van der Waals surface area contributed by atoms with Crippen molar-refractivity contribution >= 4 is 11.0 Å². The van der Waals surface area contributed by atoms with Gasteiger partial charge >= 0.3 is 0 Å². The molecule has 0 spiro atoms. The number of hydrogen-bond donors (Lipinski definition) is 1. The standard InChI is InChI=1S/C16H22N2O/c1-11-6-14-8-15(19-16(14)7-12(11)2)10-18-5-4-17-13(3)9-18/h6-8,13,17H,4-5,9-10H2,1-3H3/t13-/m1/s1. The van der Waals surface area contributed by atoms with Crippen molar-refractivity contribution in [3.05, 3.63) is 35.1 Å². The van der Waals surface area contributed by atoms with Crippen LogP contribution < -0.4 is 5.32 Å². The summed E-state index contributed by atoms with van der Waals surface area (Å²) in [7, 11) is 0. The molecule has 19 heavy (non-hydrogen) atoms. The Kier molecular flexibility index (Phi) is 3.33. The lowest BCUT2D eigenvalue weighted by Crippen LogP contribution is -2.48. The second-order valence-corrected chi connectivity index (χ2v) is 5.78. The molecule has 1 N–H and O–H groups in total. The summed E-state index contributed by atoms with van der Waals surface area (Å²) in [6, 6.07) is 7.13. The predicted octanol–water partition coefficient (Wildman–Crippen LogP) is 2.84. The first-order valence-electron chi connectivity index (χ1n) is 7.07. The zero-order valence-electron chi connectivity index (χ0n) is 12.0. The van der Waals surface area contributed by atoms with Gasteiger partial charge in [-0.25, -0.2) is 0 Å². The minimum absolute atomic E-state index is 0.572. The van der Waals surface area contributed by atoms with E-state index in [2.05, 4.69) is 49.2 Å². The summed E-state index contributed by atoms with van der Waals surface area (Å²) in [5.74, 6) is 1.08. The third kappa shape index (κ3) is 2.67. The van der Waals surface area contributed by atoms with Crippen molar-refractivity contribution in [2.24, 2.45) is 0 Å². The van der Waals surface area contributed by atoms with Gasteiger partial charge in [-0.2, -0.15) is 0 Å². The third-order valence-corrected chi connectivity index (χ3v) is 4.02. The fourth-order valence-corrected chi connectivity index (χ4v) is 2.81. The Bertz CT molecular complexity index is 549. The summed E-state index contributed by atoms with van der Waals surface area (Å²) >= 11 is 0. The third-order valence-electron chi connectivity index (χ3n) is 4.02. The molecule has 1 aliphatic heterocycles. The van der Waals surface area contributed by atoms with E-state index in [-0.39, 0.29) is 0 Å². The summed E-state index contributed by atoms with van der Waals surface area (Å²) in [5, 5.41) is 4.69. The molecule has 0 amide bonds. The first-order chi connectivity index (χ1) is 9.11. The van der Waals surface area contributed by atoms with Crippen molar-refractivity contribution in [2.75, 3.05) is 19.6 Å². The molecule has 0 unspecified atom stereocenters. The molecule has 2 aromatic rings. The Balaban J connectivity index is 1.81. The summed E-state index contributed by atoms with van der Waals surface area (Å²) in [4.78, 5) is 2.46. The summed E-state index contributed by atoms with van der Waals surface area (Å²) in [6.45, 7) is 10.7. The van der Waals surface area contributed by atoms with E-state index in [1.165, 1.54) is 16.5 Å². The van der Waals surface area contributed by atoms with Gasteiger partial charge in [0.1, 0.15) is 11.3 Å². The van der Waals surface area contributed by atoms with Gasteiger partial charge in [-0.05, 0) is 50.1 Å². The van der Waals surface area contributed by atoms with Gasteiger partial charge in [-0.15, -0.1) is 0 Å². The maximum Gasteiger partial charge on any atom is 0.134 e. The van der Waals surface area contributed by atoms with E-state index in [4.69, 9.17) is 4.42 Å². The second-order valence-electron chi connectivity index (χ2n) is 5.78. The Labute approximate surface area is 114 Å². The Morgan fingerprint density at radius 3 is 2.84 bits per heavy atom. The molecular weight excluding hydrogens is 236 g/mol.